The smallest absolute Gasteiger partial charge is 0.312 e. The van der Waals surface area contributed by atoms with Gasteiger partial charge in [0.2, 0.25) is 0 Å². The predicted molar refractivity (Wildman–Crippen MR) is 60.3 cm³/mol. The van der Waals surface area contributed by atoms with Crippen LogP contribution in [0.15, 0.2) is 41.1 Å². The van der Waals surface area contributed by atoms with Crippen LogP contribution in [0.2, 0.25) is 0 Å². The summed E-state index contributed by atoms with van der Waals surface area (Å²) < 4.78 is 0. The molecule has 0 radical (unpaired) electrons. The number of carbonyl (C=O) groups is 1. The molecule has 80 valence electrons. The molecule has 4 heteroatoms. The van der Waals surface area contributed by atoms with E-state index >= 15 is 0 Å². The first-order chi connectivity index (χ1) is 7.77. The molecule has 1 aromatic carbocycles. The Kier molecular flexibility index (Phi) is 4.48. The minimum absolute atomic E-state index is 0.0863. The third-order valence-corrected chi connectivity index (χ3v) is 1.69. The van der Waals surface area contributed by atoms with Crippen LogP contribution in [0.4, 0.5) is 0 Å². The highest BCUT2D eigenvalue weighted by molar-refractivity contribution is 5.97. The highest BCUT2D eigenvalue weighted by Crippen LogP contribution is 2.07. The molecule has 0 amide bonds. The lowest BCUT2D eigenvalue weighted by molar-refractivity contribution is -0.138. The molecule has 0 aromatic heterocycles. The van der Waals surface area contributed by atoms with Gasteiger partial charge in [0, 0.05) is 6.21 Å². The minimum Gasteiger partial charge on any atom is -0.312 e. The number of rotatable bonds is 3. The minimum atomic E-state index is -0.760. The van der Waals surface area contributed by atoms with Crippen LogP contribution in [0, 0.1) is 11.3 Å². The molecule has 0 aliphatic heterocycles. The second kappa shape index (κ2) is 6.14. The fraction of sp³-hybridized carbons (Fsp3) is 0.0833. The Bertz CT molecular complexity index is 456. The molecule has 16 heavy (non-hydrogen) atoms. The molecule has 0 spiro atoms. The number of hydrogen-bond acceptors (Lipinski definition) is 4. The highest BCUT2D eigenvalue weighted by Gasteiger charge is 2.10. The van der Waals surface area contributed by atoms with Crippen LogP contribution < -0.4 is 0 Å². The van der Waals surface area contributed by atoms with Crippen LogP contribution in [0.3, 0.4) is 0 Å². The molecule has 0 fully saturated rings. The van der Waals surface area contributed by atoms with Gasteiger partial charge in [-0.3, -0.25) is 0 Å². The van der Waals surface area contributed by atoms with Crippen molar-refractivity contribution in [2.24, 2.45) is 5.16 Å². The molecular weight excluding hydrogens is 204 g/mol. The Morgan fingerprint density at radius 3 is 2.69 bits per heavy atom. The molecule has 0 atom stereocenters. The summed E-state index contributed by atoms with van der Waals surface area (Å²) >= 11 is 0. The number of nitrogens with zero attached hydrogens (tertiary/aromatic N) is 2. The molecule has 0 unspecified atom stereocenters. The fourth-order valence-electron chi connectivity index (χ4n) is 1.00. The molecule has 0 bridgehead atoms. The maximum Gasteiger partial charge on any atom is 0.376 e. The molecule has 0 aliphatic carbocycles. The third kappa shape index (κ3) is 3.39. The number of carbonyl (C=O) groups excluding carboxylic acids is 1. The van der Waals surface area contributed by atoms with Gasteiger partial charge in [-0.25, -0.2) is 4.79 Å². The lowest BCUT2D eigenvalue weighted by Crippen LogP contribution is -2.02. The summed E-state index contributed by atoms with van der Waals surface area (Å²) in [5.74, 6) is -0.760. The van der Waals surface area contributed by atoms with Crippen LogP contribution in [0.1, 0.15) is 12.5 Å². The third-order valence-electron chi connectivity index (χ3n) is 1.69. The zero-order valence-corrected chi connectivity index (χ0v) is 8.75. The van der Waals surface area contributed by atoms with E-state index in [9.17, 15) is 4.79 Å². The SMILES string of the molecule is C/C=N\OC(=O)/C(C#N)=C/c1ccccc1. The van der Waals surface area contributed by atoms with Gasteiger partial charge in [-0.2, -0.15) is 5.26 Å². The molecule has 0 N–H and O–H groups in total. The van der Waals surface area contributed by atoms with E-state index in [0.717, 1.165) is 5.56 Å². The zero-order valence-electron chi connectivity index (χ0n) is 8.75. The van der Waals surface area contributed by atoms with Gasteiger partial charge in [-0.15, -0.1) is 0 Å². The van der Waals surface area contributed by atoms with E-state index in [-0.39, 0.29) is 5.57 Å². The molecule has 0 heterocycles. The summed E-state index contributed by atoms with van der Waals surface area (Å²) in [7, 11) is 0. The van der Waals surface area contributed by atoms with Gasteiger partial charge in [-0.05, 0) is 18.6 Å². The Morgan fingerprint density at radius 2 is 2.12 bits per heavy atom. The number of oxime groups is 1. The van der Waals surface area contributed by atoms with Gasteiger partial charge < -0.3 is 4.84 Å². The van der Waals surface area contributed by atoms with Crippen molar-refractivity contribution >= 4 is 18.3 Å². The van der Waals surface area contributed by atoms with E-state index in [0.29, 0.717) is 0 Å². The van der Waals surface area contributed by atoms with Crippen LogP contribution >= 0.6 is 0 Å². The van der Waals surface area contributed by atoms with E-state index in [1.807, 2.05) is 18.2 Å². The normalized spacial score (nSPS) is 11.1. The lowest BCUT2D eigenvalue weighted by atomic mass is 10.1. The largest absolute Gasteiger partial charge is 0.376 e. The zero-order chi connectivity index (χ0) is 11.8. The topological polar surface area (TPSA) is 62.4 Å². The molecule has 0 saturated carbocycles. The van der Waals surface area contributed by atoms with E-state index in [1.165, 1.54) is 12.3 Å². The van der Waals surface area contributed by atoms with E-state index in [1.54, 1.807) is 25.1 Å². The fourth-order valence-corrected chi connectivity index (χ4v) is 1.00. The van der Waals surface area contributed by atoms with Gasteiger partial charge >= 0.3 is 5.97 Å². The number of nitriles is 1. The average molecular weight is 214 g/mol. The summed E-state index contributed by atoms with van der Waals surface area (Å²) in [6.07, 6.45) is 2.78. The summed E-state index contributed by atoms with van der Waals surface area (Å²) in [5.41, 5.74) is 0.674. The quantitative estimate of drug-likeness (QED) is 0.254. The number of benzene rings is 1. The predicted octanol–water partition coefficient (Wildman–Crippen LogP) is 2.14. The van der Waals surface area contributed by atoms with Crippen molar-refractivity contribution in [2.45, 2.75) is 6.92 Å². The lowest BCUT2D eigenvalue weighted by Gasteiger charge is -1.95. The van der Waals surface area contributed by atoms with Crippen molar-refractivity contribution in [3.63, 3.8) is 0 Å². The Morgan fingerprint density at radius 1 is 1.44 bits per heavy atom. The van der Waals surface area contributed by atoms with Crippen molar-refractivity contribution < 1.29 is 9.63 Å². The van der Waals surface area contributed by atoms with Gasteiger partial charge in [0.05, 0.1) is 0 Å². The Balaban J connectivity index is 2.87. The van der Waals surface area contributed by atoms with E-state index in [2.05, 4.69) is 9.99 Å². The molecule has 0 aliphatic rings. The van der Waals surface area contributed by atoms with Crippen molar-refractivity contribution in [3.8, 4) is 6.07 Å². The second-order valence-corrected chi connectivity index (χ2v) is 2.82. The first-order valence-electron chi connectivity index (χ1n) is 4.64. The standard InChI is InChI=1S/C12H10N2O2/c1-2-14-16-12(15)11(9-13)8-10-6-4-3-5-7-10/h2-8H,1H3/b11-8+,14-2-. The monoisotopic (exact) mass is 214 g/mol. The van der Waals surface area contributed by atoms with Crippen LogP contribution in [-0.4, -0.2) is 12.2 Å². The maximum atomic E-state index is 11.3. The van der Waals surface area contributed by atoms with Gasteiger partial charge in [-0.1, -0.05) is 35.5 Å². The van der Waals surface area contributed by atoms with Crippen LogP contribution in [0.5, 0.6) is 0 Å². The second-order valence-electron chi connectivity index (χ2n) is 2.82. The molecular formula is C12H10N2O2. The maximum absolute atomic E-state index is 11.3. The van der Waals surface area contributed by atoms with Gasteiger partial charge in [0.25, 0.3) is 0 Å². The van der Waals surface area contributed by atoms with Crippen molar-refractivity contribution in [1.82, 2.24) is 0 Å². The average Bonchev–Trinajstić information content (AvgIpc) is 2.34. The highest BCUT2D eigenvalue weighted by atomic mass is 16.7. The first-order valence-corrected chi connectivity index (χ1v) is 4.64. The van der Waals surface area contributed by atoms with Crippen LogP contribution in [0.25, 0.3) is 6.08 Å². The summed E-state index contributed by atoms with van der Waals surface area (Å²) in [6, 6.07) is 10.8. The molecule has 4 nitrogen and oxygen atoms in total. The van der Waals surface area contributed by atoms with Crippen molar-refractivity contribution in [1.29, 1.82) is 5.26 Å². The molecule has 0 saturated heterocycles. The van der Waals surface area contributed by atoms with Gasteiger partial charge in [0.15, 0.2) is 0 Å². The Hall–Kier alpha value is -2.41. The summed E-state index contributed by atoms with van der Waals surface area (Å²) in [5, 5.41) is 12.1. The Labute approximate surface area is 93.4 Å². The summed E-state index contributed by atoms with van der Waals surface area (Å²) in [6.45, 7) is 1.61. The van der Waals surface area contributed by atoms with Crippen molar-refractivity contribution in [2.75, 3.05) is 0 Å². The van der Waals surface area contributed by atoms with Crippen LogP contribution in [-0.2, 0) is 9.63 Å². The molecule has 1 rings (SSSR count). The summed E-state index contributed by atoms with van der Waals surface area (Å²) in [4.78, 5) is 15.8. The number of hydrogen-bond donors (Lipinski definition) is 0. The first kappa shape index (κ1) is 11.7. The van der Waals surface area contributed by atoms with E-state index < -0.39 is 5.97 Å². The van der Waals surface area contributed by atoms with E-state index in [4.69, 9.17) is 5.26 Å². The molecule has 1 aromatic rings. The van der Waals surface area contributed by atoms with Gasteiger partial charge in [0.1, 0.15) is 11.6 Å². The van der Waals surface area contributed by atoms with Crippen molar-refractivity contribution in [3.05, 3.63) is 41.5 Å².